The molecule has 2 atom stereocenters. The Labute approximate surface area is 107 Å². The van der Waals surface area contributed by atoms with Gasteiger partial charge < -0.3 is 15.4 Å². The van der Waals surface area contributed by atoms with Crippen molar-refractivity contribution in [2.24, 2.45) is 0 Å². The van der Waals surface area contributed by atoms with E-state index in [0.29, 0.717) is 5.75 Å². The van der Waals surface area contributed by atoms with Gasteiger partial charge in [-0.2, -0.15) is 0 Å². The summed E-state index contributed by atoms with van der Waals surface area (Å²) < 4.78 is 0. The Morgan fingerprint density at radius 1 is 1.44 bits per heavy atom. The highest BCUT2D eigenvalue weighted by molar-refractivity contribution is 5.29. The Kier molecular flexibility index (Phi) is 3.99. The number of aromatic amines is 1. The van der Waals surface area contributed by atoms with E-state index < -0.39 is 0 Å². The van der Waals surface area contributed by atoms with Crippen molar-refractivity contribution >= 4 is 0 Å². The van der Waals surface area contributed by atoms with E-state index in [9.17, 15) is 5.11 Å². The number of nitrogens with zero attached hydrogens (tertiary/aromatic N) is 1. The van der Waals surface area contributed by atoms with Crippen LogP contribution in [0.2, 0.25) is 0 Å². The molecule has 4 heteroatoms. The first-order valence-electron chi connectivity index (χ1n) is 6.25. The lowest BCUT2D eigenvalue weighted by Crippen LogP contribution is -2.25. The number of hydrogen-bond donors (Lipinski definition) is 3. The Balaban J connectivity index is 2.08. The van der Waals surface area contributed by atoms with Gasteiger partial charge in [0, 0.05) is 18.4 Å². The third-order valence-electron chi connectivity index (χ3n) is 3.08. The number of rotatable bonds is 5. The number of aromatic hydroxyl groups is 1. The first-order chi connectivity index (χ1) is 8.70. The summed E-state index contributed by atoms with van der Waals surface area (Å²) >= 11 is 0. The fraction of sp³-hybridized carbons (Fsp3) is 0.357. The van der Waals surface area contributed by atoms with Gasteiger partial charge in [-0.15, -0.1) is 0 Å². The summed E-state index contributed by atoms with van der Waals surface area (Å²) in [5, 5.41) is 13.0. The van der Waals surface area contributed by atoms with Crippen LogP contribution in [0.4, 0.5) is 0 Å². The number of H-pyrrole nitrogens is 1. The summed E-state index contributed by atoms with van der Waals surface area (Å²) in [6.45, 7) is 4.20. The van der Waals surface area contributed by atoms with Crippen LogP contribution in [-0.4, -0.2) is 15.1 Å². The Morgan fingerprint density at radius 2 is 2.28 bits per heavy atom. The number of nitrogens with one attached hydrogen (secondary N) is 2. The summed E-state index contributed by atoms with van der Waals surface area (Å²) in [7, 11) is 0. The molecule has 0 aliphatic carbocycles. The minimum Gasteiger partial charge on any atom is -0.508 e. The number of aromatic nitrogens is 2. The second-order valence-electron chi connectivity index (χ2n) is 4.42. The number of hydrogen-bond acceptors (Lipinski definition) is 3. The molecule has 1 aromatic heterocycles. The van der Waals surface area contributed by atoms with Gasteiger partial charge in [-0.25, -0.2) is 4.98 Å². The largest absolute Gasteiger partial charge is 0.508 e. The van der Waals surface area contributed by atoms with Gasteiger partial charge >= 0.3 is 0 Å². The van der Waals surface area contributed by atoms with Crippen LogP contribution >= 0.6 is 0 Å². The second-order valence-corrected chi connectivity index (χ2v) is 4.42. The van der Waals surface area contributed by atoms with E-state index in [2.05, 4.69) is 29.1 Å². The lowest BCUT2D eigenvalue weighted by atomic mass is 10.1. The number of benzene rings is 1. The summed E-state index contributed by atoms with van der Waals surface area (Å²) in [5.74, 6) is 1.25. The van der Waals surface area contributed by atoms with Crippen LogP contribution in [0.3, 0.4) is 0 Å². The minimum atomic E-state index is 0.159. The molecule has 1 heterocycles. The summed E-state index contributed by atoms with van der Waals surface area (Å²) in [6, 6.07) is 7.68. The van der Waals surface area contributed by atoms with Crippen molar-refractivity contribution in [1.82, 2.24) is 15.3 Å². The van der Waals surface area contributed by atoms with Crippen molar-refractivity contribution in [3.63, 3.8) is 0 Å². The lowest BCUT2D eigenvalue weighted by molar-refractivity contribution is 0.437. The van der Waals surface area contributed by atoms with E-state index in [0.717, 1.165) is 17.8 Å². The van der Waals surface area contributed by atoms with E-state index in [-0.39, 0.29) is 12.1 Å². The van der Waals surface area contributed by atoms with Crippen LogP contribution < -0.4 is 5.32 Å². The number of imidazole rings is 1. The maximum atomic E-state index is 9.49. The molecule has 0 aliphatic rings. The van der Waals surface area contributed by atoms with Gasteiger partial charge in [-0.1, -0.05) is 19.1 Å². The minimum absolute atomic E-state index is 0.159. The van der Waals surface area contributed by atoms with Crippen LogP contribution in [0.25, 0.3) is 0 Å². The molecule has 3 N–H and O–H groups in total. The molecule has 0 radical (unpaired) electrons. The summed E-state index contributed by atoms with van der Waals surface area (Å²) in [6.07, 6.45) is 4.55. The van der Waals surface area contributed by atoms with Crippen molar-refractivity contribution in [3.8, 4) is 5.75 Å². The average Bonchev–Trinajstić information content (AvgIpc) is 2.89. The Hall–Kier alpha value is -1.81. The molecule has 18 heavy (non-hydrogen) atoms. The average molecular weight is 245 g/mol. The molecule has 2 unspecified atom stereocenters. The van der Waals surface area contributed by atoms with Gasteiger partial charge in [-0.05, 0) is 31.0 Å². The predicted molar refractivity (Wildman–Crippen MR) is 71.3 cm³/mol. The standard InChI is InChI=1S/C14H19N3O/c1-3-13(14-15-7-8-16-14)17-10(2)11-5-4-6-12(18)9-11/h4-10,13,17-18H,3H2,1-2H3,(H,15,16). The topological polar surface area (TPSA) is 60.9 Å². The SMILES string of the molecule is CCC(NC(C)c1cccc(O)c1)c1ncc[nH]1. The molecule has 2 rings (SSSR count). The number of phenolic OH excluding ortho intramolecular Hbond substituents is 1. The van der Waals surface area contributed by atoms with Gasteiger partial charge in [0.25, 0.3) is 0 Å². The molecule has 2 aromatic rings. The van der Waals surface area contributed by atoms with Gasteiger partial charge in [0.1, 0.15) is 11.6 Å². The highest BCUT2D eigenvalue weighted by Crippen LogP contribution is 2.22. The van der Waals surface area contributed by atoms with Crippen LogP contribution in [0.15, 0.2) is 36.7 Å². The molecule has 0 amide bonds. The van der Waals surface area contributed by atoms with E-state index in [1.54, 1.807) is 18.3 Å². The zero-order chi connectivity index (χ0) is 13.0. The van der Waals surface area contributed by atoms with Gasteiger partial charge in [0.05, 0.1) is 6.04 Å². The van der Waals surface area contributed by atoms with Crippen molar-refractivity contribution in [1.29, 1.82) is 0 Å². The van der Waals surface area contributed by atoms with E-state index >= 15 is 0 Å². The smallest absolute Gasteiger partial charge is 0.123 e. The molecule has 96 valence electrons. The van der Waals surface area contributed by atoms with Crippen molar-refractivity contribution < 1.29 is 5.11 Å². The van der Waals surface area contributed by atoms with Crippen LogP contribution in [0, 0.1) is 0 Å². The lowest BCUT2D eigenvalue weighted by Gasteiger charge is -2.21. The fourth-order valence-corrected chi connectivity index (χ4v) is 2.05. The maximum absolute atomic E-state index is 9.49. The van der Waals surface area contributed by atoms with Crippen molar-refractivity contribution in [2.45, 2.75) is 32.4 Å². The zero-order valence-electron chi connectivity index (χ0n) is 10.7. The fourth-order valence-electron chi connectivity index (χ4n) is 2.05. The van der Waals surface area contributed by atoms with Gasteiger partial charge in [0.15, 0.2) is 0 Å². The monoisotopic (exact) mass is 245 g/mol. The van der Waals surface area contributed by atoms with Crippen molar-refractivity contribution in [3.05, 3.63) is 48.0 Å². The highest BCUT2D eigenvalue weighted by atomic mass is 16.3. The highest BCUT2D eigenvalue weighted by Gasteiger charge is 2.15. The first kappa shape index (κ1) is 12.6. The molecule has 1 aromatic carbocycles. The van der Waals surface area contributed by atoms with E-state index in [1.807, 2.05) is 18.3 Å². The Bertz CT molecular complexity index is 482. The van der Waals surface area contributed by atoms with E-state index in [4.69, 9.17) is 0 Å². The van der Waals surface area contributed by atoms with Gasteiger partial charge in [-0.3, -0.25) is 0 Å². The molecular weight excluding hydrogens is 226 g/mol. The Morgan fingerprint density at radius 3 is 2.89 bits per heavy atom. The van der Waals surface area contributed by atoms with Crippen LogP contribution in [0.5, 0.6) is 5.75 Å². The number of phenols is 1. The zero-order valence-corrected chi connectivity index (χ0v) is 10.7. The second kappa shape index (κ2) is 5.69. The molecule has 4 nitrogen and oxygen atoms in total. The molecular formula is C14H19N3O. The molecule has 0 aliphatic heterocycles. The van der Waals surface area contributed by atoms with Crippen LogP contribution in [-0.2, 0) is 0 Å². The molecule has 0 spiro atoms. The molecule has 0 fully saturated rings. The predicted octanol–water partition coefficient (Wildman–Crippen LogP) is 2.92. The molecule has 0 saturated heterocycles. The normalized spacial score (nSPS) is 14.3. The third-order valence-corrected chi connectivity index (χ3v) is 3.08. The summed E-state index contributed by atoms with van der Waals surface area (Å²) in [5.41, 5.74) is 1.07. The van der Waals surface area contributed by atoms with Crippen LogP contribution in [0.1, 0.15) is 43.7 Å². The maximum Gasteiger partial charge on any atom is 0.123 e. The van der Waals surface area contributed by atoms with Crippen molar-refractivity contribution in [2.75, 3.05) is 0 Å². The first-order valence-corrected chi connectivity index (χ1v) is 6.25. The van der Waals surface area contributed by atoms with E-state index in [1.165, 1.54) is 0 Å². The molecule has 0 bridgehead atoms. The summed E-state index contributed by atoms with van der Waals surface area (Å²) in [4.78, 5) is 7.42. The molecule has 0 saturated carbocycles. The third kappa shape index (κ3) is 2.90. The van der Waals surface area contributed by atoms with Gasteiger partial charge in [0.2, 0.25) is 0 Å². The quantitative estimate of drug-likeness (QED) is 0.759.